The number of rotatable bonds is 4. The van der Waals surface area contributed by atoms with Crippen molar-refractivity contribution in [2.45, 2.75) is 6.54 Å². The lowest BCUT2D eigenvalue weighted by atomic mass is 10.2. The standard InChI is InChI=1S/C13H11N3O4/c17-16(18)10-2-1-5-14-13(10)15-7-9-3-4-11-12(6-9)20-8-19-11/h1-6H,7-8H2,(H,14,15)/p+1. The van der Waals surface area contributed by atoms with E-state index in [-0.39, 0.29) is 12.5 Å². The summed E-state index contributed by atoms with van der Waals surface area (Å²) in [5.41, 5.74) is 0.953. The molecule has 0 fully saturated rings. The predicted molar refractivity (Wildman–Crippen MR) is 69.5 cm³/mol. The summed E-state index contributed by atoms with van der Waals surface area (Å²) in [7, 11) is 0. The minimum atomic E-state index is -0.432. The van der Waals surface area contributed by atoms with Gasteiger partial charge >= 0.3 is 11.5 Å². The molecule has 2 N–H and O–H groups in total. The first-order valence-electron chi connectivity index (χ1n) is 6.01. The van der Waals surface area contributed by atoms with Crippen molar-refractivity contribution in [3.63, 3.8) is 0 Å². The lowest BCUT2D eigenvalue weighted by Gasteiger charge is -2.02. The molecule has 0 saturated carbocycles. The SMILES string of the molecule is O=[N+]([O-])c1ccc[nH+]c1NCc1ccc2c(c1)OCO2. The lowest BCUT2D eigenvalue weighted by molar-refractivity contribution is -0.409. The molecule has 2 aromatic rings. The van der Waals surface area contributed by atoms with Gasteiger partial charge in [0.15, 0.2) is 11.5 Å². The number of aromatic amines is 1. The molecule has 0 aliphatic carbocycles. The number of nitrogens with zero attached hydrogens (tertiary/aromatic N) is 1. The number of ether oxygens (including phenoxy) is 2. The molecule has 0 spiro atoms. The quantitative estimate of drug-likeness (QED) is 0.677. The van der Waals surface area contributed by atoms with Crippen LogP contribution in [0.15, 0.2) is 36.5 Å². The van der Waals surface area contributed by atoms with Crippen LogP contribution in [0, 0.1) is 10.1 Å². The van der Waals surface area contributed by atoms with Crippen LogP contribution >= 0.6 is 0 Å². The molecule has 102 valence electrons. The fraction of sp³-hybridized carbons (Fsp3) is 0.154. The van der Waals surface area contributed by atoms with E-state index >= 15 is 0 Å². The first-order chi connectivity index (χ1) is 9.74. The molecule has 1 aliphatic heterocycles. The lowest BCUT2D eigenvalue weighted by Crippen LogP contribution is -2.14. The second kappa shape index (κ2) is 5.04. The number of H-pyrrole nitrogens is 1. The molecule has 1 aromatic carbocycles. The van der Waals surface area contributed by atoms with Gasteiger partial charge in [-0.1, -0.05) is 6.07 Å². The van der Waals surface area contributed by atoms with Crippen LogP contribution in [-0.4, -0.2) is 11.7 Å². The molecule has 0 atom stereocenters. The van der Waals surface area contributed by atoms with E-state index < -0.39 is 4.92 Å². The van der Waals surface area contributed by atoms with Gasteiger partial charge in [-0.2, -0.15) is 0 Å². The van der Waals surface area contributed by atoms with Gasteiger partial charge in [0.25, 0.3) is 0 Å². The molecule has 0 amide bonds. The average Bonchev–Trinajstić information content (AvgIpc) is 2.92. The van der Waals surface area contributed by atoms with Gasteiger partial charge in [0, 0.05) is 6.07 Å². The maximum atomic E-state index is 10.9. The Bertz CT molecular complexity index is 660. The Balaban J connectivity index is 1.75. The van der Waals surface area contributed by atoms with Gasteiger partial charge in [0.05, 0.1) is 11.1 Å². The third-order valence-electron chi connectivity index (χ3n) is 2.94. The van der Waals surface area contributed by atoms with Crippen molar-refractivity contribution in [2.24, 2.45) is 0 Å². The number of nitro groups is 1. The van der Waals surface area contributed by atoms with Crippen LogP contribution in [-0.2, 0) is 6.54 Å². The molecule has 2 heterocycles. The fourth-order valence-electron chi connectivity index (χ4n) is 1.96. The summed E-state index contributed by atoms with van der Waals surface area (Å²) >= 11 is 0. The summed E-state index contributed by atoms with van der Waals surface area (Å²) in [6.45, 7) is 0.669. The molecular weight excluding hydrogens is 262 g/mol. The van der Waals surface area contributed by atoms with Crippen LogP contribution in [0.3, 0.4) is 0 Å². The molecule has 3 rings (SSSR count). The van der Waals surface area contributed by atoms with Crippen LogP contribution in [0.5, 0.6) is 11.5 Å². The number of hydrogen-bond acceptors (Lipinski definition) is 5. The van der Waals surface area contributed by atoms with Crippen molar-refractivity contribution in [2.75, 3.05) is 12.1 Å². The molecule has 1 aromatic heterocycles. The molecule has 7 nitrogen and oxygen atoms in total. The van der Waals surface area contributed by atoms with Crippen LogP contribution < -0.4 is 19.8 Å². The Morgan fingerprint density at radius 1 is 1.30 bits per heavy atom. The molecule has 7 heteroatoms. The van der Waals surface area contributed by atoms with E-state index in [1.807, 2.05) is 18.2 Å². The minimum absolute atomic E-state index is 0.00763. The largest absolute Gasteiger partial charge is 0.454 e. The van der Waals surface area contributed by atoms with Crippen LogP contribution in [0.25, 0.3) is 0 Å². The third-order valence-corrected chi connectivity index (χ3v) is 2.94. The summed E-state index contributed by atoms with van der Waals surface area (Å²) in [6.07, 6.45) is 1.63. The van der Waals surface area contributed by atoms with Crippen molar-refractivity contribution < 1.29 is 19.4 Å². The highest BCUT2D eigenvalue weighted by Crippen LogP contribution is 2.32. The van der Waals surface area contributed by atoms with Gasteiger partial charge < -0.3 is 9.47 Å². The maximum absolute atomic E-state index is 10.9. The zero-order valence-electron chi connectivity index (χ0n) is 10.5. The third kappa shape index (κ3) is 2.33. The molecule has 0 unspecified atom stereocenters. The fourth-order valence-corrected chi connectivity index (χ4v) is 1.96. The number of benzene rings is 1. The Morgan fingerprint density at radius 3 is 3.00 bits per heavy atom. The van der Waals surface area contributed by atoms with Crippen molar-refractivity contribution in [3.8, 4) is 11.5 Å². The Kier molecular flexibility index (Phi) is 3.08. The van der Waals surface area contributed by atoms with Crippen LogP contribution in [0.4, 0.5) is 11.5 Å². The number of nitrogens with one attached hydrogen (secondary N) is 2. The average molecular weight is 274 g/mol. The number of pyridine rings is 1. The molecule has 0 radical (unpaired) electrons. The number of anilines is 1. The van der Waals surface area contributed by atoms with E-state index in [0.717, 1.165) is 5.56 Å². The van der Waals surface area contributed by atoms with E-state index in [0.29, 0.717) is 23.9 Å². The van der Waals surface area contributed by atoms with Crippen LogP contribution in [0.1, 0.15) is 5.56 Å². The van der Waals surface area contributed by atoms with Gasteiger partial charge in [-0.15, -0.1) is 0 Å². The van der Waals surface area contributed by atoms with Crippen molar-refractivity contribution in [3.05, 3.63) is 52.2 Å². The Hall–Kier alpha value is -2.83. The number of fused-ring (bicyclic) bond motifs is 1. The second-order valence-corrected chi connectivity index (χ2v) is 4.23. The maximum Gasteiger partial charge on any atom is 0.357 e. The monoisotopic (exact) mass is 274 g/mol. The summed E-state index contributed by atoms with van der Waals surface area (Å²) in [6, 6.07) is 8.59. The summed E-state index contributed by atoms with van der Waals surface area (Å²) < 4.78 is 10.5. The van der Waals surface area contributed by atoms with E-state index in [1.54, 1.807) is 12.3 Å². The number of hydrogen-bond donors (Lipinski definition) is 1. The molecule has 0 saturated heterocycles. The smallest absolute Gasteiger partial charge is 0.357 e. The zero-order valence-corrected chi connectivity index (χ0v) is 10.5. The first-order valence-corrected chi connectivity index (χ1v) is 6.01. The molecular formula is C13H12N3O4+. The Morgan fingerprint density at radius 2 is 2.15 bits per heavy atom. The van der Waals surface area contributed by atoms with Gasteiger partial charge in [-0.05, 0) is 23.8 Å². The zero-order chi connectivity index (χ0) is 13.9. The summed E-state index contributed by atoms with van der Waals surface area (Å²) in [4.78, 5) is 13.3. The summed E-state index contributed by atoms with van der Waals surface area (Å²) in [5, 5.41) is 13.9. The van der Waals surface area contributed by atoms with Gasteiger partial charge in [-0.25, -0.2) is 4.98 Å². The normalized spacial score (nSPS) is 12.2. The molecule has 0 bridgehead atoms. The molecule has 1 aliphatic rings. The highest BCUT2D eigenvalue weighted by atomic mass is 16.7. The van der Waals surface area contributed by atoms with Crippen LogP contribution in [0.2, 0.25) is 0 Å². The van der Waals surface area contributed by atoms with E-state index in [2.05, 4.69) is 10.3 Å². The highest BCUT2D eigenvalue weighted by molar-refractivity contribution is 5.52. The highest BCUT2D eigenvalue weighted by Gasteiger charge is 2.20. The predicted octanol–water partition coefficient (Wildman–Crippen LogP) is 1.75. The Labute approximate surface area is 114 Å². The van der Waals surface area contributed by atoms with Crippen molar-refractivity contribution >= 4 is 11.5 Å². The van der Waals surface area contributed by atoms with Gasteiger partial charge in [0.1, 0.15) is 6.54 Å². The topological polar surface area (TPSA) is 87.8 Å². The van der Waals surface area contributed by atoms with E-state index in [1.165, 1.54) is 6.07 Å². The van der Waals surface area contributed by atoms with Gasteiger partial charge in [-0.3, -0.25) is 15.4 Å². The van der Waals surface area contributed by atoms with E-state index in [9.17, 15) is 10.1 Å². The van der Waals surface area contributed by atoms with Gasteiger partial charge in [0.2, 0.25) is 6.79 Å². The van der Waals surface area contributed by atoms with Crippen molar-refractivity contribution in [1.82, 2.24) is 0 Å². The summed E-state index contributed by atoms with van der Waals surface area (Å²) in [5.74, 6) is 1.78. The molecule has 20 heavy (non-hydrogen) atoms. The minimum Gasteiger partial charge on any atom is -0.454 e. The first kappa shape index (κ1) is 12.2. The number of aromatic nitrogens is 1. The van der Waals surface area contributed by atoms with Crippen molar-refractivity contribution in [1.29, 1.82) is 0 Å². The second-order valence-electron chi connectivity index (χ2n) is 4.23. The van der Waals surface area contributed by atoms with E-state index in [4.69, 9.17) is 9.47 Å².